The molecule has 1 N–H and O–H groups in total. The van der Waals surface area contributed by atoms with Gasteiger partial charge in [-0.1, -0.05) is 35.3 Å². The highest BCUT2D eigenvalue weighted by Crippen LogP contribution is 2.42. The van der Waals surface area contributed by atoms with Crippen molar-refractivity contribution in [2.45, 2.75) is 50.2 Å². The molecule has 0 saturated carbocycles. The van der Waals surface area contributed by atoms with E-state index in [-0.39, 0.29) is 22.8 Å². The fourth-order valence-electron chi connectivity index (χ4n) is 4.71. The van der Waals surface area contributed by atoms with Gasteiger partial charge in [0.2, 0.25) is 0 Å². The largest absolute Gasteiger partial charge is 0.384 e. The van der Waals surface area contributed by atoms with E-state index < -0.39 is 33.5 Å². The van der Waals surface area contributed by atoms with Crippen LogP contribution in [0.5, 0.6) is 0 Å². The van der Waals surface area contributed by atoms with Crippen molar-refractivity contribution >= 4 is 34.0 Å². The van der Waals surface area contributed by atoms with Crippen LogP contribution in [0, 0.1) is 11.6 Å². The number of benzene rings is 3. The maximum atomic E-state index is 15.9. The summed E-state index contributed by atoms with van der Waals surface area (Å²) >= 11 is 13.1. The molecule has 0 amide bonds. The number of aromatic nitrogens is 2. The van der Waals surface area contributed by atoms with E-state index in [2.05, 4.69) is 0 Å². The van der Waals surface area contributed by atoms with Gasteiger partial charge in [-0.15, -0.1) is 0 Å². The minimum absolute atomic E-state index is 0.0352. The van der Waals surface area contributed by atoms with Crippen LogP contribution in [0.2, 0.25) is 10.0 Å². The molecule has 212 valence electrons. The van der Waals surface area contributed by atoms with E-state index in [4.69, 9.17) is 32.9 Å². The van der Waals surface area contributed by atoms with Crippen LogP contribution in [0.4, 0.5) is 8.78 Å². The first-order valence-corrected chi connectivity index (χ1v) is 14.7. The highest BCUT2D eigenvalue weighted by atomic mass is 35.5. The first-order chi connectivity index (χ1) is 18.7. The Labute approximate surface area is 245 Å². The van der Waals surface area contributed by atoms with Gasteiger partial charge in [-0.25, -0.2) is 13.8 Å². The fraction of sp³-hybridized carbons (Fsp3) is 0.300. The normalized spacial score (nSPS) is 13.1. The van der Waals surface area contributed by atoms with E-state index in [0.29, 0.717) is 38.3 Å². The molecule has 1 atom stereocenters. The lowest BCUT2D eigenvalue weighted by Gasteiger charge is -2.28. The van der Waals surface area contributed by atoms with Crippen LogP contribution in [0.3, 0.4) is 0 Å². The smallest absolute Gasteiger partial charge is 0.147 e. The minimum Gasteiger partial charge on any atom is -0.384 e. The number of hydrogen-bond acceptors (Lipinski definition) is 4. The third kappa shape index (κ3) is 5.74. The zero-order chi connectivity index (χ0) is 29.6. The maximum Gasteiger partial charge on any atom is 0.147 e. The average Bonchev–Trinajstić information content (AvgIpc) is 3.32. The summed E-state index contributed by atoms with van der Waals surface area (Å²) in [5.41, 5.74) is -0.146. The molecule has 40 heavy (non-hydrogen) atoms. The third-order valence-electron chi connectivity index (χ3n) is 6.77. The second kappa shape index (κ2) is 11.3. The van der Waals surface area contributed by atoms with Gasteiger partial charge in [0.15, 0.2) is 0 Å². The number of halogens is 4. The van der Waals surface area contributed by atoms with E-state index in [1.54, 1.807) is 61.0 Å². The van der Waals surface area contributed by atoms with Crippen molar-refractivity contribution in [3.8, 4) is 16.8 Å². The summed E-state index contributed by atoms with van der Waals surface area (Å²) in [4.78, 5) is 5.00. The number of aliphatic hydroxyl groups is 1. The van der Waals surface area contributed by atoms with Crippen LogP contribution < -0.4 is 0 Å². The molecule has 1 aromatic heterocycles. The van der Waals surface area contributed by atoms with Gasteiger partial charge in [-0.3, -0.25) is 8.78 Å². The Balaban J connectivity index is 1.89. The SMILES string of the molecule is COCc1c(F)cc(-c2ccc(-n3cc(C(C)(C)O)nc3C(C)(C)c3c(Cl)cccc3Cl)c(F)c2)cc1S(C)=O. The molecule has 5 nitrogen and oxygen atoms in total. The topological polar surface area (TPSA) is 64.3 Å². The van der Waals surface area contributed by atoms with Gasteiger partial charge < -0.3 is 9.84 Å². The summed E-state index contributed by atoms with van der Waals surface area (Å²) < 4.78 is 49.8. The summed E-state index contributed by atoms with van der Waals surface area (Å²) in [6.07, 6.45) is 3.03. The molecular weight excluding hydrogens is 577 g/mol. The molecule has 1 unspecified atom stereocenters. The molecule has 4 aromatic rings. The Bertz CT molecular complexity index is 1590. The van der Waals surface area contributed by atoms with Crippen LogP contribution in [-0.4, -0.2) is 32.2 Å². The van der Waals surface area contributed by atoms with Gasteiger partial charge in [0.1, 0.15) is 23.1 Å². The zero-order valence-electron chi connectivity index (χ0n) is 23.0. The van der Waals surface area contributed by atoms with Crippen LogP contribution in [0.15, 0.2) is 59.6 Å². The van der Waals surface area contributed by atoms with Crippen molar-refractivity contribution in [3.63, 3.8) is 0 Å². The lowest BCUT2D eigenvalue weighted by atomic mass is 9.83. The van der Waals surface area contributed by atoms with Crippen LogP contribution in [0.1, 0.15) is 50.3 Å². The van der Waals surface area contributed by atoms with Crippen molar-refractivity contribution in [1.29, 1.82) is 0 Å². The van der Waals surface area contributed by atoms with Gasteiger partial charge in [-0.2, -0.15) is 0 Å². The Morgan fingerprint density at radius 2 is 1.62 bits per heavy atom. The molecule has 0 aliphatic carbocycles. The number of hydrogen-bond donors (Lipinski definition) is 1. The molecule has 0 aliphatic heterocycles. The Hall–Kier alpha value is -2.62. The maximum absolute atomic E-state index is 15.9. The van der Waals surface area contributed by atoms with Gasteiger partial charge in [-0.05, 0) is 75.2 Å². The first-order valence-electron chi connectivity index (χ1n) is 12.4. The number of nitrogens with zero attached hydrogens (tertiary/aromatic N) is 2. The Morgan fingerprint density at radius 1 is 1.00 bits per heavy atom. The molecule has 0 spiro atoms. The number of rotatable bonds is 8. The van der Waals surface area contributed by atoms with Gasteiger partial charge in [0, 0.05) is 45.6 Å². The van der Waals surface area contributed by atoms with E-state index in [1.165, 1.54) is 25.5 Å². The molecule has 0 saturated heterocycles. The summed E-state index contributed by atoms with van der Waals surface area (Å²) in [5, 5.41) is 11.6. The molecule has 0 radical (unpaired) electrons. The molecule has 3 aromatic carbocycles. The molecule has 4 rings (SSSR count). The number of methoxy groups -OCH3 is 1. The van der Waals surface area contributed by atoms with E-state index >= 15 is 4.39 Å². The number of imidazole rings is 1. The van der Waals surface area contributed by atoms with Crippen molar-refractivity contribution < 1.29 is 22.8 Å². The highest BCUT2D eigenvalue weighted by molar-refractivity contribution is 7.84. The van der Waals surface area contributed by atoms with E-state index in [0.717, 1.165) is 0 Å². The monoisotopic (exact) mass is 606 g/mol. The number of ether oxygens (including phenoxy) is 1. The predicted octanol–water partition coefficient (Wildman–Crippen LogP) is 7.56. The Morgan fingerprint density at radius 3 is 2.17 bits per heavy atom. The summed E-state index contributed by atoms with van der Waals surface area (Å²) in [7, 11) is -0.0593. The quantitative estimate of drug-likeness (QED) is 0.225. The van der Waals surface area contributed by atoms with Crippen LogP contribution >= 0.6 is 23.2 Å². The standard InChI is InChI=1S/C30H30Cl2F2N2O3S/c1-29(2,27-20(31)8-7-9-21(27)32)28-35-26(30(3,4)37)15-36(28)24-11-10-17(12-23(24)34)18-13-22(33)19(16-39-5)25(14-18)40(6)38/h7-15,37H,16H2,1-6H3. The van der Waals surface area contributed by atoms with Crippen LogP contribution in [-0.2, 0) is 33.2 Å². The molecule has 1 heterocycles. The van der Waals surface area contributed by atoms with Gasteiger partial charge in [0.05, 0.1) is 34.2 Å². The van der Waals surface area contributed by atoms with Gasteiger partial charge in [0.25, 0.3) is 0 Å². The molecule has 0 bridgehead atoms. The average molecular weight is 608 g/mol. The van der Waals surface area contributed by atoms with Crippen LogP contribution in [0.25, 0.3) is 16.8 Å². The van der Waals surface area contributed by atoms with E-state index in [9.17, 15) is 13.7 Å². The van der Waals surface area contributed by atoms with E-state index in [1.807, 2.05) is 13.8 Å². The first kappa shape index (κ1) is 30.3. The van der Waals surface area contributed by atoms with Crippen molar-refractivity contribution in [2.75, 3.05) is 13.4 Å². The zero-order valence-corrected chi connectivity index (χ0v) is 25.3. The van der Waals surface area contributed by atoms with Crippen molar-refractivity contribution in [1.82, 2.24) is 9.55 Å². The predicted molar refractivity (Wildman–Crippen MR) is 156 cm³/mol. The summed E-state index contributed by atoms with van der Waals surface area (Å²) in [5.74, 6) is -0.788. The Kier molecular flexibility index (Phi) is 8.60. The second-order valence-electron chi connectivity index (χ2n) is 10.6. The lowest BCUT2D eigenvalue weighted by Crippen LogP contribution is -2.25. The summed E-state index contributed by atoms with van der Waals surface area (Å²) in [6.45, 7) is 6.89. The second-order valence-corrected chi connectivity index (χ2v) is 12.8. The van der Waals surface area contributed by atoms with Crippen molar-refractivity contribution in [3.05, 3.63) is 99.1 Å². The molecular formula is C30H30Cl2F2N2O3S. The highest BCUT2D eigenvalue weighted by Gasteiger charge is 2.35. The van der Waals surface area contributed by atoms with Crippen molar-refractivity contribution in [2.24, 2.45) is 0 Å². The third-order valence-corrected chi connectivity index (χ3v) is 8.39. The lowest BCUT2D eigenvalue weighted by molar-refractivity contribution is 0.0740. The summed E-state index contributed by atoms with van der Waals surface area (Å²) in [6, 6.07) is 12.5. The molecule has 0 aliphatic rings. The fourth-order valence-corrected chi connectivity index (χ4v) is 6.37. The van der Waals surface area contributed by atoms with Gasteiger partial charge >= 0.3 is 0 Å². The molecule has 10 heteroatoms. The minimum atomic E-state index is -1.49. The molecule has 0 fully saturated rings.